The number of nitrogens with one attached hydrogen (secondary N) is 1. The van der Waals surface area contributed by atoms with Gasteiger partial charge in [-0.3, -0.25) is 9.69 Å². The van der Waals surface area contributed by atoms with Crippen LogP contribution >= 0.6 is 0 Å². The lowest BCUT2D eigenvalue weighted by Crippen LogP contribution is -2.25. The number of amides is 1. The predicted octanol–water partition coefficient (Wildman–Crippen LogP) is 2.01. The summed E-state index contributed by atoms with van der Waals surface area (Å²) < 4.78 is 5.69. The van der Waals surface area contributed by atoms with Crippen LogP contribution in [0.4, 0.5) is 5.69 Å². The van der Waals surface area contributed by atoms with Gasteiger partial charge in [0.1, 0.15) is 18.8 Å². The van der Waals surface area contributed by atoms with Crippen LogP contribution in [0.2, 0.25) is 0 Å². The van der Waals surface area contributed by atoms with E-state index >= 15 is 0 Å². The van der Waals surface area contributed by atoms with Gasteiger partial charge in [-0.05, 0) is 38.1 Å². The van der Waals surface area contributed by atoms with E-state index in [9.17, 15) is 4.79 Å². The second-order valence-electron chi connectivity index (χ2n) is 4.81. The molecule has 1 saturated heterocycles. The number of hydrogen-bond donors (Lipinski definition) is 1. The molecule has 1 N–H and O–H groups in total. The molecular weight excluding hydrogens is 254 g/mol. The van der Waals surface area contributed by atoms with Crippen LogP contribution in [-0.2, 0) is 4.79 Å². The standard InChI is InChI=1S/C15H19N3O2/c16-7-6-15(19)17-13-4-3-5-14(12-13)20-11-10-18-8-1-2-9-18/h3-5,12H,1-2,6,8-11H2,(H,17,19). The van der Waals surface area contributed by atoms with Crippen LogP contribution in [0.5, 0.6) is 5.75 Å². The van der Waals surface area contributed by atoms with Gasteiger partial charge in [0.25, 0.3) is 0 Å². The molecule has 0 aromatic heterocycles. The number of likely N-dealkylation sites (tertiary alicyclic amines) is 1. The van der Waals surface area contributed by atoms with Crippen molar-refractivity contribution in [3.63, 3.8) is 0 Å². The molecule has 1 aliphatic rings. The van der Waals surface area contributed by atoms with E-state index in [0.29, 0.717) is 12.3 Å². The summed E-state index contributed by atoms with van der Waals surface area (Å²) in [4.78, 5) is 13.7. The molecule has 0 aliphatic carbocycles. The van der Waals surface area contributed by atoms with E-state index in [1.807, 2.05) is 18.2 Å². The topological polar surface area (TPSA) is 65.4 Å². The minimum atomic E-state index is -0.304. The lowest BCUT2D eigenvalue weighted by atomic mass is 10.3. The van der Waals surface area contributed by atoms with Crippen LogP contribution in [0.1, 0.15) is 19.3 Å². The van der Waals surface area contributed by atoms with Gasteiger partial charge in [-0.15, -0.1) is 0 Å². The van der Waals surface area contributed by atoms with Crippen molar-refractivity contribution in [3.05, 3.63) is 24.3 Å². The average Bonchev–Trinajstić information content (AvgIpc) is 2.92. The summed E-state index contributed by atoms with van der Waals surface area (Å²) in [5, 5.41) is 11.1. The van der Waals surface area contributed by atoms with Crippen LogP contribution in [0, 0.1) is 11.3 Å². The highest BCUT2D eigenvalue weighted by Crippen LogP contribution is 2.17. The van der Waals surface area contributed by atoms with E-state index in [1.165, 1.54) is 12.8 Å². The molecular formula is C15H19N3O2. The Morgan fingerprint density at radius 1 is 1.40 bits per heavy atom. The molecule has 0 unspecified atom stereocenters. The Morgan fingerprint density at radius 3 is 2.95 bits per heavy atom. The van der Waals surface area contributed by atoms with Crippen molar-refractivity contribution in [2.45, 2.75) is 19.3 Å². The zero-order valence-corrected chi connectivity index (χ0v) is 11.5. The molecule has 106 valence electrons. The van der Waals surface area contributed by atoms with Gasteiger partial charge >= 0.3 is 0 Å². The number of carbonyl (C=O) groups is 1. The van der Waals surface area contributed by atoms with Crippen LogP contribution in [-0.4, -0.2) is 37.0 Å². The van der Waals surface area contributed by atoms with Gasteiger partial charge in [0, 0.05) is 18.3 Å². The number of carbonyl (C=O) groups excluding carboxylic acids is 1. The van der Waals surface area contributed by atoms with E-state index in [4.69, 9.17) is 10.00 Å². The minimum Gasteiger partial charge on any atom is -0.492 e. The third-order valence-corrected chi connectivity index (χ3v) is 3.23. The summed E-state index contributed by atoms with van der Waals surface area (Å²) in [6, 6.07) is 9.07. The van der Waals surface area contributed by atoms with Crippen molar-refractivity contribution in [3.8, 4) is 11.8 Å². The molecule has 1 aromatic rings. The molecule has 1 amide bonds. The van der Waals surface area contributed by atoms with E-state index in [1.54, 1.807) is 12.1 Å². The number of nitriles is 1. The summed E-state index contributed by atoms with van der Waals surface area (Å²) >= 11 is 0. The molecule has 0 atom stereocenters. The van der Waals surface area contributed by atoms with E-state index in [-0.39, 0.29) is 12.3 Å². The van der Waals surface area contributed by atoms with Crippen molar-refractivity contribution < 1.29 is 9.53 Å². The summed E-state index contributed by atoms with van der Waals surface area (Å²) in [7, 11) is 0. The molecule has 1 aromatic carbocycles. The van der Waals surface area contributed by atoms with Crippen molar-refractivity contribution in [1.29, 1.82) is 5.26 Å². The average molecular weight is 273 g/mol. The fourth-order valence-electron chi connectivity index (χ4n) is 2.24. The summed E-state index contributed by atoms with van der Waals surface area (Å²) in [5.74, 6) is 0.431. The highest BCUT2D eigenvalue weighted by Gasteiger charge is 2.10. The van der Waals surface area contributed by atoms with Crippen LogP contribution in [0.25, 0.3) is 0 Å². The smallest absolute Gasteiger partial charge is 0.238 e. The first kappa shape index (κ1) is 14.4. The first-order valence-corrected chi connectivity index (χ1v) is 6.90. The Morgan fingerprint density at radius 2 is 2.20 bits per heavy atom. The van der Waals surface area contributed by atoms with E-state index in [0.717, 1.165) is 25.4 Å². The Labute approximate surface area is 119 Å². The molecule has 20 heavy (non-hydrogen) atoms. The molecule has 1 heterocycles. The molecule has 0 bridgehead atoms. The van der Waals surface area contributed by atoms with E-state index < -0.39 is 0 Å². The molecule has 1 fully saturated rings. The van der Waals surface area contributed by atoms with Gasteiger partial charge < -0.3 is 10.1 Å². The fraction of sp³-hybridized carbons (Fsp3) is 0.467. The van der Waals surface area contributed by atoms with Crippen LogP contribution in [0.3, 0.4) is 0 Å². The zero-order chi connectivity index (χ0) is 14.2. The molecule has 5 nitrogen and oxygen atoms in total. The maximum atomic E-state index is 11.3. The first-order chi connectivity index (χ1) is 9.78. The molecule has 0 radical (unpaired) electrons. The quantitative estimate of drug-likeness (QED) is 0.861. The maximum Gasteiger partial charge on any atom is 0.238 e. The Kier molecular flexibility index (Phi) is 5.39. The van der Waals surface area contributed by atoms with Crippen molar-refractivity contribution in [2.24, 2.45) is 0 Å². The molecule has 0 spiro atoms. The van der Waals surface area contributed by atoms with Crippen molar-refractivity contribution in [2.75, 3.05) is 31.6 Å². The molecule has 0 saturated carbocycles. The third-order valence-electron chi connectivity index (χ3n) is 3.23. The van der Waals surface area contributed by atoms with Gasteiger partial charge in [0.05, 0.1) is 6.07 Å². The van der Waals surface area contributed by atoms with Crippen molar-refractivity contribution >= 4 is 11.6 Å². The van der Waals surface area contributed by atoms with Crippen molar-refractivity contribution in [1.82, 2.24) is 4.90 Å². The number of nitrogens with zero attached hydrogens (tertiary/aromatic N) is 2. The SMILES string of the molecule is N#CCC(=O)Nc1cccc(OCCN2CCCC2)c1. The van der Waals surface area contributed by atoms with Crippen LogP contribution in [0.15, 0.2) is 24.3 Å². The Bertz CT molecular complexity index is 490. The van der Waals surface area contributed by atoms with Gasteiger partial charge in [0.2, 0.25) is 5.91 Å². The number of anilines is 1. The zero-order valence-electron chi connectivity index (χ0n) is 11.5. The Balaban J connectivity index is 1.79. The van der Waals surface area contributed by atoms with Gasteiger partial charge in [-0.2, -0.15) is 5.26 Å². The largest absolute Gasteiger partial charge is 0.492 e. The van der Waals surface area contributed by atoms with Gasteiger partial charge in [0.15, 0.2) is 0 Å². The Hall–Kier alpha value is -2.06. The first-order valence-electron chi connectivity index (χ1n) is 6.90. The summed E-state index contributed by atoms with van der Waals surface area (Å²) in [5.41, 5.74) is 0.656. The highest BCUT2D eigenvalue weighted by molar-refractivity contribution is 5.92. The molecule has 5 heteroatoms. The monoisotopic (exact) mass is 273 g/mol. The third kappa shape index (κ3) is 4.56. The predicted molar refractivity (Wildman–Crippen MR) is 76.5 cm³/mol. The molecule has 2 rings (SSSR count). The summed E-state index contributed by atoms with van der Waals surface area (Å²) in [6.07, 6.45) is 2.42. The normalized spacial score (nSPS) is 14.8. The number of hydrogen-bond acceptors (Lipinski definition) is 4. The lowest BCUT2D eigenvalue weighted by Gasteiger charge is -2.15. The second-order valence-corrected chi connectivity index (χ2v) is 4.81. The molecule has 1 aliphatic heterocycles. The number of benzene rings is 1. The fourth-order valence-corrected chi connectivity index (χ4v) is 2.24. The second kappa shape index (κ2) is 7.51. The maximum absolute atomic E-state index is 11.3. The number of ether oxygens (including phenoxy) is 1. The van der Waals surface area contributed by atoms with Crippen LogP contribution < -0.4 is 10.1 Å². The van der Waals surface area contributed by atoms with E-state index in [2.05, 4.69) is 10.2 Å². The summed E-state index contributed by atoms with van der Waals surface area (Å²) in [6.45, 7) is 3.90. The number of rotatable bonds is 6. The minimum absolute atomic E-state index is 0.139. The lowest BCUT2D eigenvalue weighted by molar-refractivity contribution is -0.115. The van der Waals surface area contributed by atoms with Gasteiger partial charge in [-0.25, -0.2) is 0 Å². The van der Waals surface area contributed by atoms with Gasteiger partial charge in [-0.1, -0.05) is 6.07 Å². The highest BCUT2D eigenvalue weighted by atomic mass is 16.5.